The molecule has 2 atom stereocenters. The number of nitrogens with one attached hydrogen (secondary N) is 1. The SMILES string of the molecule is Cc1ccc(S(=O)(=O)OC2CN[C@@H](C(=O)O)C2)cc1. The summed E-state index contributed by atoms with van der Waals surface area (Å²) in [5, 5.41) is 11.5. The fourth-order valence-electron chi connectivity index (χ4n) is 1.90. The zero-order chi connectivity index (χ0) is 14.0. The van der Waals surface area contributed by atoms with Gasteiger partial charge >= 0.3 is 5.97 Å². The van der Waals surface area contributed by atoms with Crippen LogP contribution < -0.4 is 5.32 Å². The summed E-state index contributed by atoms with van der Waals surface area (Å²) in [6.07, 6.45) is -0.507. The van der Waals surface area contributed by atoms with Crippen molar-refractivity contribution < 1.29 is 22.5 Å². The smallest absolute Gasteiger partial charge is 0.320 e. The minimum absolute atomic E-state index is 0.0804. The molecule has 0 spiro atoms. The summed E-state index contributed by atoms with van der Waals surface area (Å²) in [5.41, 5.74) is 0.951. The highest BCUT2D eigenvalue weighted by Gasteiger charge is 2.33. The van der Waals surface area contributed by atoms with Crippen molar-refractivity contribution in [2.24, 2.45) is 0 Å². The van der Waals surface area contributed by atoms with E-state index in [0.29, 0.717) is 0 Å². The van der Waals surface area contributed by atoms with Gasteiger partial charge in [-0.3, -0.25) is 8.98 Å². The van der Waals surface area contributed by atoms with Crippen LogP contribution in [0.2, 0.25) is 0 Å². The van der Waals surface area contributed by atoms with E-state index in [1.54, 1.807) is 12.1 Å². The molecule has 7 heteroatoms. The highest BCUT2D eigenvalue weighted by Crippen LogP contribution is 2.19. The van der Waals surface area contributed by atoms with E-state index < -0.39 is 28.2 Å². The molecule has 1 aliphatic rings. The zero-order valence-corrected chi connectivity index (χ0v) is 11.2. The lowest BCUT2D eigenvalue weighted by Crippen LogP contribution is -2.30. The lowest BCUT2D eigenvalue weighted by atomic mass is 10.2. The van der Waals surface area contributed by atoms with E-state index in [2.05, 4.69) is 5.32 Å². The van der Waals surface area contributed by atoms with Crippen molar-refractivity contribution in [2.75, 3.05) is 6.54 Å². The second kappa shape index (κ2) is 5.28. The van der Waals surface area contributed by atoms with Gasteiger partial charge in [0.15, 0.2) is 0 Å². The molecule has 2 N–H and O–H groups in total. The molecule has 0 bridgehead atoms. The van der Waals surface area contributed by atoms with Gasteiger partial charge in [-0.05, 0) is 19.1 Å². The van der Waals surface area contributed by atoms with E-state index in [1.807, 2.05) is 6.92 Å². The fourth-order valence-corrected chi connectivity index (χ4v) is 2.99. The first kappa shape index (κ1) is 14.0. The van der Waals surface area contributed by atoms with Crippen molar-refractivity contribution in [1.82, 2.24) is 5.32 Å². The van der Waals surface area contributed by atoms with Gasteiger partial charge in [0, 0.05) is 13.0 Å². The lowest BCUT2D eigenvalue weighted by Gasteiger charge is -2.11. The Balaban J connectivity index is 2.06. The molecule has 0 aromatic heterocycles. The molecule has 0 saturated carbocycles. The van der Waals surface area contributed by atoms with Gasteiger partial charge in [-0.25, -0.2) is 0 Å². The van der Waals surface area contributed by atoms with Gasteiger partial charge in [0.2, 0.25) is 0 Å². The molecule has 2 rings (SSSR count). The second-order valence-electron chi connectivity index (χ2n) is 4.52. The van der Waals surface area contributed by atoms with E-state index in [9.17, 15) is 13.2 Å². The Morgan fingerprint density at radius 3 is 2.53 bits per heavy atom. The molecule has 1 fully saturated rings. The predicted octanol–water partition coefficient (Wildman–Crippen LogP) is 0.515. The molecule has 0 aliphatic carbocycles. The number of rotatable bonds is 4. The third kappa shape index (κ3) is 3.31. The van der Waals surface area contributed by atoms with Gasteiger partial charge in [0.1, 0.15) is 6.04 Å². The maximum atomic E-state index is 12.0. The number of carboxylic acids is 1. The molecule has 1 aromatic rings. The average Bonchev–Trinajstić information content (AvgIpc) is 2.77. The maximum absolute atomic E-state index is 12.0. The number of aryl methyl sites for hydroxylation is 1. The molecule has 0 radical (unpaired) electrons. The van der Waals surface area contributed by atoms with E-state index in [-0.39, 0.29) is 17.9 Å². The molecule has 1 heterocycles. The van der Waals surface area contributed by atoms with Crippen LogP contribution in [0.25, 0.3) is 0 Å². The summed E-state index contributed by atoms with van der Waals surface area (Å²) in [7, 11) is -3.84. The van der Waals surface area contributed by atoms with E-state index in [0.717, 1.165) is 5.56 Å². The number of aliphatic carboxylic acids is 1. The van der Waals surface area contributed by atoms with Crippen molar-refractivity contribution >= 4 is 16.1 Å². The van der Waals surface area contributed by atoms with Crippen LogP contribution in [0, 0.1) is 6.92 Å². The second-order valence-corrected chi connectivity index (χ2v) is 6.09. The van der Waals surface area contributed by atoms with Crippen LogP contribution >= 0.6 is 0 Å². The van der Waals surface area contributed by atoms with Crippen molar-refractivity contribution in [3.63, 3.8) is 0 Å². The summed E-state index contributed by atoms with van der Waals surface area (Å²) in [6.45, 7) is 2.07. The maximum Gasteiger partial charge on any atom is 0.320 e. The first-order valence-electron chi connectivity index (χ1n) is 5.84. The van der Waals surface area contributed by atoms with Gasteiger partial charge in [0.05, 0.1) is 11.0 Å². The van der Waals surface area contributed by atoms with Crippen molar-refractivity contribution in [2.45, 2.75) is 30.4 Å². The number of carboxylic acid groups (broad SMARTS) is 1. The number of carbonyl (C=O) groups is 1. The third-order valence-corrected chi connectivity index (χ3v) is 4.34. The van der Waals surface area contributed by atoms with Gasteiger partial charge in [-0.2, -0.15) is 8.42 Å². The summed E-state index contributed by atoms with van der Waals surface area (Å²) in [6, 6.07) is 5.56. The Morgan fingerprint density at radius 1 is 1.37 bits per heavy atom. The normalized spacial score (nSPS) is 23.4. The molecule has 19 heavy (non-hydrogen) atoms. The highest BCUT2D eigenvalue weighted by atomic mass is 32.2. The highest BCUT2D eigenvalue weighted by molar-refractivity contribution is 7.86. The topological polar surface area (TPSA) is 92.7 Å². The number of hydrogen-bond donors (Lipinski definition) is 2. The summed E-state index contributed by atoms with van der Waals surface area (Å²) in [5.74, 6) is -1.00. The minimum atomic E-state index is -3.84. The molecular formula is C12H15NO5S. The first-order chi connectivity index (χ1) is 8.88. The Kier molecular flexibility index (Phi) is 3.88. The van der Waals surface area contributed by atoms with Gasteiger partial charge < -0.3 is 10.4 Å². The largest absolute Gasteiger partial charge is 0.480 e. The molecule has 1 unspecified atom stereocenters. The van der Waals surface area contributed by atoms with Crippen molar-refractivity contribution in [3.05, 3.63) is 29.8 Å². The van der Waals surface area contributed by atoms with Crippen LogP contribution in [0.3, 0.4) is 0 Å². The van der Waals surface area contributed by atoms with Crippen LogP contribution in [-0.2, 0) is 19.1 Å². The van der Waals surface area contributed by atoms with Crippen molar-refractivity contribution in [1.29, 1.82) is 0 Å². The Morgan fingerprint density at radius 2 is 2.00 bits per heavy atom. The summed E-state index contributed by atoms with van der Waals surface area (Å²) in [4.78, 5) is 10.8. The predicted molar refractivity (Wildman–Crippen MR) is 67.3 cm³/mol. The number of hydrogen-bond acceptors (Lipinski definition) is 5. The Labute approximate surface area is 111 Å². The monoisotopic (exact) mass is 285 g/mol. The zero-order valence-electron chi connectivity index (χ0n) is 10.4. The van der Waals surface area contributed by atoms with Gasteiger partial charge in [-0.15, -0.1) is 0 Å². The molecular weight excluding hydrogens is 270 g/mol. The quantitative estimate of drug-likeness (QED) is 0.783. The average molecular weight is 285 g/mol. The fraction of sp³-hybridized carbons (Fsp3) is 0.417. The van der Waals surface area contributed by atoms with Gasteiger partial charge in [-0.1, -0.05) is 17.7 Å². The molecule has 6 nitrogen and oxygen atoms in total. The molecule has 0 amide bonds. The van der Waals surface area contributed by atoms with Crippen LogP contribution in [0.5, 0.6) is 0 Å². The van der Waals surface area contributed by atoms with Crippen molar-refractivity contribution in [3.8, 4) is 0 Å². The van der Waals surface area contributed by atoms with E-state index in [1.165, 1.54) is 12.1 Å². The summed E-state index contributed by atoms with van der Waals surface area (Å²) < 4.78 is 29.0. The van der Waals surface area contributed by atoms with E-state index in [4.69, 9.17) is 9.29 Å². The Bertz CT molecular complexity index is 566. The molecule has 104 valence electrons. The van der Waals surface area contributed by atoms with Crippen LogP contribution in [0.4, 0.5) is 0 Å². The van der Waals surface area contributed by atoms with Gasteiger partial charge in [0.25, 0.3) is 10.1 Å². The molecule has 1 aliphatic heterocycles. The first-order valence-corrected chi connectivity index (χ1v) is 7.25. The lowest BCUT2D eigenvalue weighted by molar-refractivity contribution is -0.139. The summed E-state index contributed by atoms with van der Waals surface area (Å²) >= 11 is 0. The van der Waals surface area contributed by atoms with Crippen LogP contribution in [0.15, 0.2) is 29.2 Å². The van der Waals surface area contributed by atoms with Crippen LogP contribution in [-0.4, -0.2) is 38.2 Å². The number of benzene rings is 1. The third-order valence-electron chi connectivity index (χ3n) is 2.96. The minimum Gasteiger partial charge on any atom is -0.480 e. The standard InChI is InChI=1S/C12H15NO5S/c1-8-2-4-10(5-3-8)19(16,17)18-9-6-11(12(14)15)13-7-9/h2-5,9,11,13H,6-7H2,1H3,(H,14,15)/t9?,11-/m1/s1. The molecule has 1 saturated heterocycles. The van der Waals surface area contributed by atoms with E-state index >= 15 is 0 Å². The Hall–Kier alpha value is -1.44. The molecule has 1 aromatic carbocycles. The van der Waals surface area contributed by atoms with Crippen LogP contribution in [0.1, 0.15) is 12.0 Å².